The van der Waals surface area contributed by atoms with Crippen LogP contribution in [0.2, 0.25) is 0 Å². The Bertz CT molecular complexity index is 914. The van der Waals surface area contributed by atoms with Crippen LogP contribution < -0.4 is 14.8 Å². The van der Waals surface area contributed by atoms with Crippen LogP contribution in [0, 0.1) is 0 Å². The van der Waals surface area contributed by atoms with Gasteiger partial charge in [0, 0.05) is 5.69 Å². The number of amides is 3. The molecule has 27 heavy (non-hydrogen) atoms. The normalized spacial score (nSPS) is 10.9. The molecule has 3 amide bonds. The molecular formula is C18H19ClN2O5S. The van der Waals surface area contributed by atoms with Crippen LogP contribution in [-0.4, -0.2) is 26.2 Å². The number of nitrogens with one attached hydrogen (secondary N) is 2. The van der Waals surface area contributed by atoms with Crippen LogP contribution in [0.15, 0.2) is 53.4 Å². The lowest BCUT2D eigenvalue weighted by atomic mass is 10.1. The lowest BCUT2D eigenvalue weighted by molar-refractivity contribution is -0.117. The van der Waals surface area contributed by atoms with Crippen LogP contribution in [0.4, 0.5) is 10.5 Å². The summed E-state index contributed by atoms with van der Waals surface area (Å²) in [6, 6.07) is 11.6. The van der Waals surface area contributed by atoms with E-state index in [2.05, 4.69) is 5.32 Å². The van der Waals surface area contributed by atoms with Gasteiger partial charge in [-0.25, -0.2) is 4.79 Å². The number of para-hydroxylation sites is 1. The van der Waals surface area contributed by atoms with Crippen LogP contribution >= 0.6 is 11.6 Å². The SMILES string of the molecule is CCCc1ccccc1OS(=O)(=O)c1ccc(NC(=O)NC(=O)CCl)cc1. The van der Waals surface area contributed by atoms with Crippen molar-refractivity contribution in [2.24, 2.45) is 0 Å². The van der Waals surface area contributed by atoms with Crippen molar-refractivity contribution in [3.63, 3.8) is 0 Å². The Morgan fingerprint density at radius 3 is 2.37 bits per heavy atom. The third-order valence-corrected chi connectivity index (χ3v) is 4.96. The van der Waals surface area contributed by atoms with Crippen molar-refractivity contribution in [3.05, 3.63) is 54.1 Å². The Kier molecular flexibility index (Phi) is 7.20. The highest BCUT2D eigenvalue weighted by atomic mass is 35.5. The van der Waals surface area contributed by atoms with Crippen molar-refractivity contribution < 1.29 is 22.2 Å². The molecule has 0 aromatic heterocycles. The third kappa shape index (κ3) is 5.97. The number of rotatable bonds is 7. The summed E-state index contributed by atoms with van der Waals surface area (Å²) in [5, 5.41) is 4.41. The number of hydrogen-bond donors (Lipinski definition) is 2. The maximum Gasteiger partial charge on any atom is 0.339 e. The average Bonchev–Trinajstić information content (AvgIpc) is 2.63. The van der Waals surface area contributed by atoms with Crippen LogP contribution in [0.25, 0.3) is 0 Å². The van der Waals surface area contributed by atoms with Crippen molar-refractivity contribution in [1.82, 2.24) is 5.32 Å². The molecule has 144 valence electrons. The topological polar surface area (TPSA) is 102 Å². The molecule has 0 spiro atoms. The molecule has 0 aliphatic heterocycles. The van der Waals surface area contributed by atoms with Crippen molar-refractivity contribution in [2.75, 3.05) is 11.2 Å². The van der Waals surface area contributed by atoms with Gasteiger partial charge in [0.05, 0.1) is 0 Å². The Balaban J connectivity index is 2.11. The molecule has 0 aliphatic rings. The van der Waals surface area contributed by atoms with Gasteiger partial charge in [0.15, 0.2) is 0 Å². The van der Waals surface area contributed by atoms with E-state index in [9.17, 15) is 18.0 Å². The second kappa shape index (κ2) is 9.38. The van der Waals surface area contributed by atoms with E-state index in [1.165, 1.54) is 24.3 Å². The zero-order valence-corrected chi connectivity index (χ0v) is 16.1. The number of carbonyl (C=O) groups is 2. The first-order valence-electron chi connectivity index (χ1n) is 8.15. The van der Waals surface area contributed by atoms with E-state index in [-0.39, 0.29) is 10.8 Å². The number of aryl methyl sites for hydroxylation is 1. The lowest BCUT2D eigenvalue weighted by Crippen LogP contribution is -2.35. The highest BCUT2D eigenvalue weighted by Crippen LogP contribution is 2.24. The molecule has 2 aromatic carbocycles. The Morgan fingerprint density at radius 1 is 1.07 bits per heavy atom. The molecule has 0 bridgehead atoms. The van der Waals surface area contributed by atoms with Gasteiger partial charge in [0.25, 0.3) is 0 Å². The molecule has 0 fully saturated rings. The highest BCUT2D eigenvalue weighted by Gasteiger charge is 2.18. The predicted molar refractivity (Wildman–Crippen MR) is 103 cm³/mol. The van der Waals surface area contributed by atoms with Crippen LogP contribution in [0.1, 0.15) is 18.9 Å². The summed E-state index contributed by atoms with van der Waals surface area (Å²) < 4.78 is 30.3. The number of urea groups is 1. The van der Waals surface area contributed by atoms with Gasteiger partial charge in [-0.3, -0.25) is 10.1 Å². The lowest BCUT2D eigenvalue weighted by Gasteiger charge is -2.11. The average molecular weight is 411 g/mol. The molecule has 0 radical (unpaired) electrons. The van der Waals surface area contributed by atoms with Crippen LogP contribution in [0.5, 0.6) is 5.75 Å². The van der Waals surface area contributed by atoms with E-state index in [0.717, 1.165) is 12.0 Å². The van der Waals surface area contributed by atoms with E-state index >= 15 is 0 Å². The molecule has 0 saturated carbocycles. The number of alkyl halides is 1. The number of imide groups is 1. The summed E-state index contributed by atoms with van der Waals surface area (Å²) in [7, 11) is -4.02. The zero-order valence-electron chi connectivity index (χ0n) is 14.6. The summed E-state index contributed by atoms with van der Waals surface area (Å²) in [6.07, 6.45) is 1.56. The number of carbonyl (C=O) groups excluding carboxylic acids is 2. The maximum absolute atomic E-state index is 12.5. The maximum atomic E-state index is 12.5. The minimum atomic E-state index is -4.02. The van der Waals surface area contributed by atoms with Gasteiger partial charge in [0.2, 0.25) is 5.91 Å². The van der Waals surface area contributed by atoms with E-state index in [0.29, 0.717) is 17.9 Å². The molecule has 7 nitrogen and oxygen atoms in total. The molecule has 0 heterocycles. The summed E-state index contributed by atoms with van der Waals surface area (Å²) in [5.74, 6) is -0.699. The molecule has 0 aliphatic carbocycles. The number of anilines is 1. The number of hydrogen-bond acceptors (Lipinski definition) is 5. The fourth-order valence-corrected chi connectivity index (χ4v) is 3.29. The van der Waals surface area contributed by atoms with Gasteiger partial charge in [-0.2, -0.15) is 8.42 Å². The number of benzene rings is 2. The van der Waals surface area contributed by atoms with Gasteiger partial charge in [-0.15, -0.1) is 11.6 Å². The van der Waals surface area contributed by atoms with Gasteiger partial charge in [0.1, 0.15) is 16.5 Å². The Labute approximate surface area is 162 Å². The first kappa shape index (κ1) is 20.7. The summed E-state index contributed by atoms with van der Waals surface area (Å²) >= 11 is 5.29. The number of halogens is 1. The molecule has 0 atom stereocenters. The molecule has 0 saturated heterocycles. The van der Waals surface area contributed by atoms with Gasteiger partial charge >= 0.3 is 16.1 Å². The predicted octanol–water partition coefficient (Wildman–Crippen LogP) is 3.29. The molecule has 2 N–H and O–H groups in total. The first-order chi connectivity index (χ1) is 12.9. The minimum absolute atomic E-state index is 0.0587. The summed E-state index contributed by atoms with van der Waals surface area (Å²) in [6.45, 7) is 1.99. The Hall–Kier alpha value is -2.58. The fourth-order valence-electron chi connectivity index (χ4n) is 2.25. The van der Waals surface area contributed by atoms with Crippen LogP contribution in [0.3, 0.4) is 0 Å². The van der Waals surface area contributed by atoms with Gasteiger partial charge in [-0.1, -0.05) is 31.5 Å². The quantitative estimate of drug-likeness (QED) is 0.538. The van der Waals surface area contributed by atoms with E-state index in [1.807, 2.05) is 24.4 Å². The molecule has 0 unspecified atom stereocenters. The highest BCUT2D eigenvalue weighted by molar-refractivity contribution is 7.87. The molecule has 2 aromatic rings. The van der Waals surface area contributed by atoms with E-state index in [4.69, 9.17) is 15.8 Å². The Morgan fingerprint density at radius 2 is 1.74 bits per heavy atom. The fraction of sp³-hybridized carbons (Fsp3) is 0.222. The van der Waals surface area contributed by atoms with Crippen molar-refractivity contribution in [2.45, 2.75) is 24.7 Å². The largest absolute Gasteiger partial charge is 0.379 e. The van der Waals surface area contributed by atoms with Crippen molar-refractivity contribution in [3.8, 4) is 5.75 Å². The first-order valence-corrected chi connectivity index (χ1v) is 10.1. The molecule has 2 rings (SSSR count). The van der Waals surface area contributed by atoms with Crippen molar-refractivity contribution >= 4 is 39.3 Å². The zero-order chi connectivity index (χ0) is 19.9. The standard InChI is InChI=1S/C18H19ClN2O5S/c1-2-5-13-6-3-4-7-16(13)26-27(24,25)15-10-8-14(9-11-15)20-18(23)21-17(22)12-19/h3-4,6-11H,2,5,12H2,1H3,(H2,20,21,22,23). The second-order valence-electron chi connectivity index (χ2n) is 5.56. The van der Waals surface area contributed by atoms with Gasteiger partial charge in [-0.05, 0) is 42.3 Å². The summed E-state index contributed by atoms with van der Waals surface area (Å²) in [5.41, 5.74) is 1.11. The monoisotopic (exact) mass is 410 g/mol. The summed E-state index contributed by atoms with van der Waals surface area (Å²) in [4.78, 5) is 22.5. The van der Waals surface area contributed by atoms with Crippen LogP contribution in [-0.2, 0) is 21.3 Å². The van der Waals surface area contributed by atoms with E-state index in [1.54, 1.807) is 12.1 Å². The second-order valence-corrected chi connectivity index (χ2v) is 7.37. The van der Waals surface area contributed by atoms with E-state index < -0.39 is 22.1 Å². The minimum Gasteiger partial charge on any atom is -0.379 e. The molecular weight excluding hydrogens is 392 g/mol. The third-order valence-electron chi connectivity index (χ3n) is 3.47. The molecule has 9 heteroatoms. The smallest absolute Gasteiger partial charge is 0.339 e. The van der Waals surface area contributed by atoms with Gasteiger partial charge < -0.3 is 9.50 Å². The van der Waals surface area contributed by atoms with Crippen molar-refractivity contribution in [1.29, 1.82) is 0 Å².